The highest BCUT2D eigenvalue weighted by atomic mass is 79.9. The van der Waals surface area contributed by atoms with Crippen molar-refractivity contribution in [2.75, 3.05) is 18.4 Å². The first-order chi connectivity index (χ1) is 9.06. The van der Waals surface area contributed by atoms with Crippen LogP contribution in [0.15, 0.2) is 9.85 Å². The molecule has 0 spiro atoms. The summed E-state index contributed by atoms with van der Waals surface area (Å²) in [5.74, 6) is -0.195. The number of hydrogen-bond acceptors (Lipinski definition) is 4. The van der Waals surface area contributed by atoms with E-state index in [2.05, 4.69) is 31.9 Å². The molecule has 1 aromatic heterocycles. The third-order valence-electron chi connectivity index (χ3n) is 2.82. The van der Waals surface area contributed by atoms with Gasteiger partial charge in [0.2, 0.25) is 0 Å². The number of carbonyl (C=O) groups is 2. The molecule has 5 N–H and O–H groups in total. The Kier molecular flexibility index (Phi) is 4.78. The summed E-state index contributed by atoms with van der Waals surface area (Å²) in [5, 5.41) is 9.11. The van der Waals surface area contributed by atoms with Gasteiger partial charge in [-0.1, -0.05) is 0 Å². The fourth-order valence-corrected chi connectivity index (χ4v) is 3.47. The quantitative estimate of drug-likeness (QED) is 0.667. The standard InChI is InChI=1S/C11H15BrN4O2S/c12-8-4-7(10(19-8)16-11(13)18)9(17)15-6-2-1-3-14-5-6/h4,6,14H,1-3,5H2,(H,15,17)(H3,13,16,18)/t6-/m0/s1. The minimum Gasteiger partial charge on any atom is -0.351 e. The molecule has 0 aromatic carbocycles. The number of thiophene rings is 1. The maximum atomic E-state index is 12.2. The van der Waals surface area contributed by atoms with Crippen molar-refractivity contribution in [2.24, 2.45) is 5.73 Å². The van der Waals surface area contributed by atoms with Gasteiger partial charge in [0.05, 0.1) is 9.35 Å². The van der Waals surface area contributed by atoms with Gasteiger partial charge in [-0.3, -0.25) is 10.1 Å². The molecule has 2 rings (SSSR count). The SMILES string of the molecule is NC(=O)Nc1sc(Br)cc1C(=O)N[C@H]1CCCNC1. The molecular formula is C11H15BrN4O2S. The number of hydrogen-bond donors (Lipinski definition) is 4. The average Bonchev–Trinajstić information content (AvgIpc) is 2.70. The van der Waals surface area contributed by atoms with E-state index >= 15 is 0 Å². The fraction of sp³-hybridized carbons (Fsp3) is 0.455. The summed E-state index contributed by atoms with van der Waals surface area (Å²) in [4.78, 5) is 23.1. The van der Waals surface area contributed by atoms with Gasteiger partial charge >= 0.3 is 6.03 Å². The average molecular weight is 347 g/mol. The van der Waals surface area contributed by atoms with Gasteiger partial charge in [-0.05, 0) is 41.4 Å². The van der Waals surface area contributed by atoms with E-state index in [1.54, 1.807) is 6.07 Å². The van der Waals surface area contributed by atoms with Crippen molar-refractivity contribution in [3.8, 4) is 0 Å². The number of nitrogens with two attached hydrogens (primary N) is 1. The molecule has 1 fully saturated rings. The maximum Gasteiger partial charge on any atom is 0.317 e. The molecule has 2 heterocycles. The number of halogens is 1. The van der Waals surface area contributed by atoms with Gasteiger partial charge in [0.25, 0.3) is 5.91 Å². The van der Waals surface area contributed by atoms with Crippen LogP contribution in [0.1, 0.15) is 23.2 Å². The largest absolute Gasteiger partial charge is 0.351 e. The van der Waals surface area contributed by atoms with Crippen molar-refractivity contribution < 1.29 is 9.59 Å². The topological polar surface area (TPSA) is 96.2 Å². The number of nitrogens with one attached hydrogen (secondary N) is 3. The molecule has 19 heavy (non-hydrogen) atoms. The Morgan fingerprint density at radius 1 is 1.53 bits per heavy atom. The summed E-state index contributed by atoms with van der Waals surface area (Å²) >= 11 is 4.56. The summed E-state index contributed by atoms with van der Waals surface area (Å²) in [6.07, 6.45) is 2.01. The highest BCUT2D eigenvalue weighted by Crippen LogP contribution is 2.32. The van der Waals surface area contributed by atoms with Gasteiger partial charge in [0.15, 0.2) is 0 Å². The van der Waals surface area contributed by atoms with Crippen LogP contribution in [-0.2, 0) is 0 Å². The number of amides is 3. The normalized spacial score (nSPS) is 18.9. The van der Waals surface area contributed by atoms with E-state index in [1.165, 1.54) is 11.3 Å². The first kappa shape index (κ1) is 14.3. The molecule has 1 aliphatic heterocycles. The van der Waals surface area contributed by atoms with E-state index in [-0.39, 0.29) is 11.9 Å². The molecule has 3 amide bonds. The molecule has 0 unspecified atom stereocenters. The van der Waals surface area contributed by atoms with Crippen LogP contribution in [0.3, 0.4) is 0 Å². The predicted octanol–water partition coefficient (Wildman–Crippen LogP) is 1.48. The minimum atomic E-state index is -0.678. The van der Waals surface area contributed by atoms with E-state index in [4.69, 9.17) is 5.73 Å². The van der Waals surface area contributed by atoms with Gasteiger partial charge in [-0.15, -0.1) is 11.3 Å². The first-order valence-corrected chi connectivity index (χ1v) is 7.54. The molecule has 0 aliphatic carbocycles. The zero-order valence-electron chi connectivity index (χ0n) is 10.2. The Labute approximate surface area is 123 Å². The third kappa shape index (κ3) is 3.92. The molecular weight excluding hydrogens is 332 g/mol. The Morgan fingerprint density at radius 2 is 2.32 bits per heavy atom. The summed E-state index contributed by atoms with van der Waals surface area (Å²) in [7, 11) is 0. The van der Waals surface area contributed by atoms with Crippen LogP contribution in [-0.4, -0.2) is 31.1 Å². The Balaban J connectivity index is 2.07. The van der Waals surface area contributed by atoms with E-state index in [0.29, 0.717) is 10.6 Å². The lowest BCUT2D eigenvalue weighted by molar-refractivity contribution is 0.0932. The molecule has 1 aliphatic rings. The van der Waals surface area contributed by atoms with Crippen LogP contribution < -0.4 is 21.7 Å². The lowest BCUT2D eigenvalue weighted by atomic mass is 10.1. The number of urea groups is 1. The summed E-state index contributed by atoms with van der Waals surface area (Å²) in [6, 6.07) is 1.13. The van der Waals surface area contributed by atoms with E-state index in [1.807, 2.05) is 0 Å². The lowest BCUT2D eigenvalue weighted by Gasteiger charge is -2.23. The second kappa shape index (κ2) is 6.36. The number of carbonyl (C=O) groups excluding carboxylic acids is 2. The highest BCUT2D eigenvalue weighted by molar-refractivity contribution is 9.11. The van der Waals surface area contributed by atoms with Gasteiger partial charge < -0.3 is 16.4 Å². The summed E-state index contributed by atoms with van der Waals surface area (Å²) < 4.78 is 0.767. The predicted molar refractivity (Wildman–Crippen MR) is 78.6 cm³/mol. The van der Waals surface area contributed by atoms with Crippen molar-refractivity contribution >= 4 is 44.2 Å². The molecule has 1 saturated heterocycles. The zero-order valence-corrected chi connectivity index (χ0v) is 12.6. The molecule has 0 bridgehead atoms. The van der Waals surface area contributed by atoms with E-state index in [0.717, 1.165) is 29.7 Å². The Hall–Kier alpha value is -1.12. The Morgan fingerprint density at radius 3 is 2.95 bits per heavy atom. The molecule has 8 heteroatoms. The number of primary amides is 1. The van der Waals surface area contributed by atoms with Crippen LogP contribution >= 0.6 is 27.3 Å². The lowest BCUT2D eigenvalue weighted by Crippen LogP contribution is -2.45. The van der Waals surface area contributed by atoms with Crippen molar-refractivity contribution in [3.05, 3.63) is 15.4 Å². The van der Waals surface area contributed by atoms with Gasteiger partial charge in [0, 0.05) is 12.6 Å². The van der Waals surface area contributed by atoms with Crippen molar-refractivity contribution in [1.82, 2.24) is 10.6 Å². The van der Waals surface area contributed by atoms with E-state index < -0.39 is 6.03 Å². The minimum absolute atomic E-state index is 0.126. The van der Waals surface area contributed by atoms with Crippen LogP contribution in [0.25, 0.3) is 0 Å². The number of piperidine rings is 1. The van der Waals surface area contributed by atoms with Crippen LogP contribution in [0.5, 0.6) is 0 Å². The third-order valence-corrected chi connectivity index (χ3v) is 4.37. The second-order valence-corrected chi connectivity index (χ2v) is 6.73. The molecule has 1 aromatic rings. The molecule has 104 valence electrons. The van der Waals surface area contributed by atoms with Gasteiger partial charge in [-0.25, -0.2) is 4.79 Å². The van der Waals surface area contributed by atoms with Crippen molar-refractivity contribution in [3.63, 3.8) is 0 Å². The van der Waals surface area contributed by atoms with E-state index in [9.17, 15) is 9.59 Å². The van der Waals surface area contributed by atoms with Crippen LogP contribution in [0.4, 0.5) is 9.80 Å². The second-order valence-electron chi connectivity index (χ2n) is 4.30. The zero-order chi connectivity index (χ0) is 13.8. The monoisotopic (exact) mass is 346 g/mol. The fourth-order valence-electron chi connectivity index (χ4n) is 1.97. The molecule has 0 saturated carbocycles. The van der Waals surface area contributed by atoms with Crippen LogP contribution in [0.2, 0.25) is 0 Å². The number of rotatable bonds is 3. The summed E-state index contributed by atoms with van der Waals surface area (Å²) in [6.45, 7) is 1.76. The smallest absolute Gasteiger partial charge is 0.317 e. The number of anilines is 1. The van der Waals surface area contributed by atoms with Crippen LogP contribution in [0, 0.1) is 0 Å². The molecule has 1 atom stereocenters. The highest BCUT2D eigenvalue weighted by Gasteiger charge is 2.20. The summed E-state index contributed by atoms with van der Waals surface area (Å²) in [5.41, 5.74) is 5.52. The Bertz CT molecular complexity index is 485. The van der Waals surface area contributed by atoms with Crippen molar-refractivity contribution in [1.29, 1.82) is 0 Å². The van der Waals surface area contributed by atoms with Gasteiger partial charge in [0.1, 0.15) is 5.00 Å². The maximum absolute atomic E-state index is 12.2. The molecule has 0 radical (unpaired) electrons. The first-order valence-electron chi connectivity index (χ1n) is 5.93. The van der Waals surface area contributed by atoms with Crippen molar-refractivity contribution in [2.45, 2.75) is 18.9 Å². The van der Waals surface area contributed by atoms with Gasteiger partial charge in [-0.2, -0.15) is 0 Å². The molecule has 6 nitrogen and oxygen atoms in total.